The van der Waals surface area contributed by atoms with Crippen molar-refractivity contribution in [3.05, 3.63) is 18.6 Å². The van der Waals surface area contributed by atoms with Gasteiger partial charge in [0.1, 0.15) is 0 Å². The number of unbranched alkanes of at least 4 members (excludes halogenated alkanes) is 3. The number of hydrogen-bond donors (Lipinski definition) is 2. The fourth-order valence-electron chi connectivity index (χ4n) is 2.16. The zero-order valence-corrected chi connectivity index (χ0v) is 12.2. The quantitative estimate of drug-likeness (QED) is 0.441. The van der Waals surface area contributed by atoms with Gasteiger partial charge in [0.15, 0.2) is 5.82 Å². The van der Waals surface area contributed by atoms with Gasteiger partial charge in [-0.1, -0.05) is 26.2 Å². The topological polar surface area (TPSA) is 77.5 Å². The number of nitrogens with one attached hydrogen (secondary N) is 1. The van der Waals surface area contributed by atoms with Crippen LogP contribution < -0.4 is 16.0 Å². The molecule has 1 atom stereocenters. The molecule has 0 saturated carbocycles. The number of hydrazine groups is 1. The number of nitrogens with zero attached hydrogens (tertiary/aromatic N) is 3. The van der Waals surface area contributed by atoms with Gasteiger partial charge in [0.05, 0.1) is 12.3 Å². The maximum absolute atomic E-state index is 5.92. The van der Waals surface area contributed by atoms with Gasteiger partial charge in [0, 0.05) is 12.4 Å². The van der Waals surface area contributed by atoms with Gasteiger partial charge in [-0.2, -0.15) is 4.98 Å². The molecule has 0 amide bonds. The van der Waals surface area contributed by atoms with Crippen LogP contribution in [0.1, 0.15) is 46.0 Å². The molecule has 0 fully saturated rings. The number of nitrogens with two attached hydrogens (primary N) is 1. The van der Waals surface area contributed by atoms with Crippen molar-refractivity contribution >= 4 is 11.5 Å². The number of hydrogen-bond acceptors (Lipinski definition) is 5. The predicted octanol–water partition coefficient (Wildman–Crippen LogP) is 2.75. The summed E-state index contributed by atoms with van der Waals surface area (Å²) in [4.78, 5) is 8.60. The molecule has 0 aliphatic rings. The van der Waals surface area contributed by atoms with Crippen molar-refractivity contribution in [1.82, 2.24) is 14.4 Å². The lowest BCUT2D eigenvalue weighted by Crippen LogP contribution is -2.15. The van der Waals surface area contributed by atoms with Crippen LogP contribution in [0.3, 0.4) is 0 Å². The normalized spacial score (nSPS) is 12.6. The summed E-state index contributed by atoms with van der Waals surface area (Å²) in [6.45, 7) is 4.28. The van der Waals surface area contributed by atoms with Crippen molar-refractivity contribution in [2.45, 2.75) is 52.1 Å². The molecule has 110 valence electrons. The molecule has 0 aliphatic heterocycles. The van der Waals surface area contributed by atoms with Crippen LogP contribution in [0.4, 0.5) is 5.82 Å². The molecular weight excluding hydrogens is 254 g/mol. The highest BCUT2D eigenvalue weighted by Crippen LogP contribution is 2.20. The van der Waals surface area contributed by atoms with Gasteiger partial charge in [-0.25, -0.2) is 10.8 Å². The Bertz CT molecular complexity index is 539. The molecule has 2 rings (SSSR count). The van der Waals surface area contributed by atoms with Gasteiger partial charge >= 0.3 is 0 Å². The lowest BCUT2D eigenvalue weighted by molar-refractivity contribution is 0.200. The highest BCUT2D eigenvalue weighted by Gasteiger charge is 2.12. The van der Waals surface area contributed by atoms with E-state index in [-0.39, 0.29) is 6.10 Å². The van der Waals surface area contributed by atoms with Gasteiger partial charge in [-0.15, -0.1) is 0 Å². The predicted molar refractivity (Wildman–Crippen MR) is 79.6 cm³/mol. The van der Waals surface area contributed by atoms with Gasteiger partial charge in [0.25, 0.3) is 5.88 Å². The summed E-state index contributed by atoms with van der Waals surface area (Å²) in [5.41, 5.74) is 3.26. The van der Waals surface area contributed by atoms with Gasteiger partial charge in [0.2, 0.25) is 5.65 Å². The number of fused-ring (bicyclic) bond motifs is 1. The van der Waals surface area contributed by atoms with E-state index in [2.05, 4.69) is 29.2 Å². The standard InChI is InChI=1S/C14H23N5O/c1-3-4-5-6-7-11(2)20-14-13-16-8-9-19(13)10-12(17-14)18-15/h8-11,18H,3-7,15H2,1-2H3. The molecule has 1 unspecified atom stereocenters. The maximum Gasteiger partial charge on any atom is 0.260 e. The first-order valence-electron chi connectivity index (χ1n) is 7.21. The molecule has 0 radical (unpaired) electrons. The van der Waals surface area contributed by atoms with Crippen molar-refractivity contribution in [2.24, 2.45) is 5.84 Å². The van der Waals surface area contributed by atoms with E-state index in [4.69, 9.17) is 10.6 Å². The fourth-order valence-corrected chi connectivity index (χ4v) is 2.16. The molecule has 0 aliphatic carbocycles. The molecule has 2 aromatic heterocycles. The summed E-state index contributed by atoms with van der Waals surface area (Å²) in [6.07, 6.45) is 11.4. The first-order chi connectivity index (χ1) is 9.74. The summed E-state index contributed by atoms with van der Waals surface area (Å²) in [5, 5.41) is 0. The molecule has 20 heavy (non-hydrogen) atoms. The largest absolute Gasteiger partial charge is 0.472 e. The second-order valence-electron chi connectivity index (χ2n) is 5.01. The summed E-state index contributed by atoms with van der Waals surface area (Å²) in [6, 6.07) is 0. The molecule has 2 aromatic rings. The van der Waals surface area contributed by atoms with Crippen molar-refractivity contribution in [3.63, 3.8) is 0 Å². The van der Waals surface area contributed by atoms with E-state index in [9.17, 15) is 0 Å². The summed E-state index contributed by atoms with van der Waals surface area (Å²) < 4.78 is 7.77. The number of rotatable bonds is 8. The Labute approximate surface area is 119 Å². The van der Waals surface area contributed by atoms with Crippen molar-refractivity contribution in [2.75, 3.05) is 5.43 Å². The molecule has 6 nitrogen and oxygen atoms in total. The Morgan fingerprint density at radius 1 is 1.40 bits per heavy atom. The minimum absolute atomic E-state index is 0.118. The van der Waals surface area contributed by atoms with E-state index in [0.29, 0.717) is 17.3 Å². The second kappa shape index (κ2) is 7.09. The number of anilines is 1. The monoisotopic (exact) mass is 277 g/mol. The van der Waals surface area contributed by atoms with Crippen LogP contribution in [-0.4, -0.2) is 20.5 Å². The van der Waals surface area contributed by atoms with E-state index in [1.807, 2.05) is 10.6 Å². The third kappa shape index (κ3) is 3.60. The molecule has 0 saturated heterocycles. The molecule has 0 aromatic carbocycles. The number of imidazole rings is 1. The molecule has 2 heterocycles. The first kappa shape index (κ1) is 14.6. The maximum atomic E-state index is 5.92. The molecule has 0 spiro atoms. The Balaban J connectivity index is 2.02. The van der Waals surface area contributed by atoms with Crippen molar-refractivity contribution in [3.8, 4) is 5.88 Å². The zero-order valence-electron chi connectivity index (χ0n) is 12.2. The number of nitrogen functional groups attached to an aromatic ring is 1. The van der Waals surface area contributed by atoms with Crippen LogP contribution in [0.15, 0.2) is 18.6 Å². The summed E-state index contributed by atoms with van der Waals surface area (Å²) >= 11 is 0. The fraction of sp³-hybridized carbons (Fsp3) is 0.571. The van der Waals surface area contributed by atoms with Crippen LogP contribution in [0.2, 0.25) is 0 Å². The SMILES string of the molecule is CCCCCCC(C)Oc1nc(NN)cn2ccnc12. The van der Waals surface area contributed by atoms with E-state index < -0.39 is 0 Å². The van der Waals surface area contributed by atoms with Crippen molar-refractivity contribution < 1.29 is 4.74 Å². The van der Waals surface area contributed by atoms with E-state index in [1.165, 1.54) is 25.7 Å². The van der Waals surface area contributed by atoms with Gasteiger partial charge in [-0.05, 0) is 19.8 Å². The van der Waals surface area contributed by atoms with Crippen LogP contribution in [0, 0.1) is 0 Å². The van der Waals surface area contributed by atoms with E-state index >= 15 is 0 Å². The number of aromatic nitrogens is 3. The van der Waals surface area contributed by atoms with E-state index in [0.717, 1.165) is 6.42 Å². The third-order valence-corrected chi connectivity index (χ3v) is 3.27. The van der Waals surface area contributed by atoms with Crippen molar-refractivity contribution in [1.29, 1.82) is 0 Å². The Hall–Kier alpha value is -1.82. The van der Waals surface area contributed by atoms with E-state index in [1.54, 1.807) is 12.4 Å². The minimum atomic E-state index is 0.118. The second-order valence-corrected chi connectivity index (χ2v) is 5.01. The highest BCUT2D eigenvalue weighted by atomic mass is 16.5. The Kier molecular flexibility index (Phi) is 5.17. The molecule has 6 heteroatoms. The van der Waals surface area contributed by atoms with Crippen LogP contribution in [-0.2, 0) is 0 Å². The zero-order chi connectivity index (χ0) is 14.4. The third-order valence-electron chi connectivity index (χ3n) is 3.27. The first-order valence-corrected chi connectivity index (χ1v) is 7.21. The minimum Gasteiger partial charge on any atom is -0.472 e. The highest BCUT2D eigenvalue weighted by molar-refractivity contribution is 5.53. The average Bonchev–Trinajstić information content (AvgIpc) is 2.92. The lowest BCUT2D eigenvalue weighted by Gasteiger charge is -2.15. The lowest BCUT2D eigenvalue weighted by atomic mass is 10.1. The molecule has 0 bridgehead atoms. The Morgan fingerprint density at radius 2 is 2.25 bits per heavy atom. The smallest absolute Gasteiger partial charge is 0.260 e. The summed E-state index contributed by atoms with van der Waals surface area (Å²) in [5.74, 6) is 6.50. The van der Waals surface area contributed by atoms with Crippen LogP contribution in [0.25, 0.3) is 5.65 Å². The number of ether oxygens (including phenoxy) is 1. The molecular formula is C14H23N5O. The van der Waals surface area contributed by atoms with Gasteiger partial charge < -0.3 is 10.2 Å². The molecule has 3 N–H and O–H groups in total. The Morgan fingerprint density at radius 3 is 3.00 bits per heavy atom. The van der Waals surface area contributed by atoms with Crippen LogP contribution >= 0.6 is 0 Å². The summed E-state index contributed by atoms with van der Waals surface area (Å²) in [7, 11) is 0. The average molecular weight is 277 g/mol. The van der Waals surface area contributed by atoms with Gasteiger partial charge in [-0.3, -0.25) is 4.40 Å². The van der Waals surface area contributed by atoms with Crippen LogP contribution in [0.5, 0.6) is 5.88 Å².